The molecule has 2 atom stereocenters. The maximum atomic E-state index is 13.1. The van der Waals surface area contributed by atoms with Crippen LogP contribution in [0.25, 0.3) is 10.9 Å². The Kier molecular flexibility index (Phi) is 5.31. The van der Waals surface area contributed by atoms with Gasteiger partial charge >= 0.3 is 5.97 Å². The average molecular weight is 443 g/mol. The molecule has 31 heavy (non-hydrogen) atoms. The Balaban J connectivity index is 2.12. The number of benzene rings is 2. The Hall–Kier alpha value is -3.19. The molecule has 7 nitrogen and oxygen atoms in total. The summed E-state index contributed by atoms with van der Waals surface area (Å²) in [5, 5.41) is 11.0. The number of amides is 1. The molecule has 2 heterocycles. The highest BCUT2D eigenvalue weighted by molar-refractivity contribution is 6.27. The fraction of sp³-hybridized carbons (Fsp3) is 0.304. The van der Waals surface area contributed by atoms with E-state index >= 15 is 0 Å². The molecule has 2 N–H and O–H groups in total. The van der Waals surface area contributed by atoms with Gasteiger partial charge in [0.25, 0.3) is 0 Å². The number of methoxy groups -OCH3 is 2. The number of fused-ring (bicyclic) bond motifs is 3. The number of carbonyl (C=O) groups excluding carboxylic acids is 1. The highest BCUT2D eigenvalue weighted by Gasteiger charge is 2.52. The van der Waals surface area contributed by atoms with Gasteiger partial charge in [0, 0.05) is 28.6 Å². The van der Waals surface area contributed by atoms with Crippen LogP contribution in [0.4, 0.5) is 0 Å². The molecule has 0 spiro atoms. The van der Waals surface area contributed by atoms with Gasteiger partial charge in [0.05, 0.1) is 14.2 Å². The second-order valence-electron chi connectivity index (χ2n) is 7.62. The minimum atomic E-state index is -1.19. The van der Waals surface area contributed by atoms with Gasteiger partial charge in [0.1, 0.15) is 29.0 Å². The highest BCUT2D eigenvalue weighted by Crippen LogP contribution is 2.48. The molecule has 1 amide bonds. The van der Waals surface area contributed by atoms with Gasteiger partial charge in [-0.3, -0.25) is 4.79 Å². The molecule has 8 heteroatoms. The summed E-state index contributed by atoms with van der Waals surface area (Å²) < 4.78 is 11.0. The summed E-state index contributed by atoms with van der Waals surface area (Å²) in [4.78, 5) is 30.2. The van der Waals surface area contributed by atoms with Gasteiger partial charge in [-0.25, -0.2) is 4.79 Å². The van der Waals surface area contributed by atoms with Gasteiger partial charge in [0.2, 0.25) is 5.91 Å². The Morgan fingerprint density at radius 3 is 2.61 bits per heavy atom. The number of nitrogens with one attached hydrogen (secondary N) is 1. The van der Waals surface area contributed by atoms with Crippen molar-refractivity contribution in [1.82, 2.24) is 9.88 Å². The van der Waals surface area contributed by atoms with Gasteiger partial charge < -0.3 is 24.5 Å². The third-order valence-corrected chi connectivity index (χ3v) is 6.32. The predicted molar refractivity (Wildman–Crippen MR) is 117 cm³/mol. The molecule has 0 saturated heterocycles. The third kappa shape index (κ3) is 3.11. The van der Waals surface area contributed by atoms with E-state index in [1.54, 1.807) is 25.3 Å². The molecular formula is C23H23ClN2O5. The minimum absolute atomic E-state index is 0.166. The largest absolute Gasteiger partial charge is 0.497 e. The van der Waals surface area contributed by atoms with E-state index in [9.17, 15) is 14.7 Å². The van der Waals surface area contributed by atoms with Crippen molar-refractivity contribution >= 4 is 34.4 Å². The second-order valence-corrected chi connectivity index (χ2v) is 7.89. The zero-order chi connectivity index (χ0) is 22.3. The Morgan fingerprint density at radius 2 is 1.97 bits per heavy atom. The van der Waals surface area contributed by atoms with Crippen molar-refractivity contribution in [3.05, 3.63) is 59.3 Å². The quantitative estimate of drug-likeness (QED) is 0.590. The minimum Gasteiger partial charge on any atom is -0.497 e. The Labute approximate surface area is 184 Å². The van der Waals surface area contributed by atoms with E-state index in [4.69, 9.17) is 21.1 Å². The number of carboxylic acid groups (broad SMARTS) is 1. The molecule has 0 saturated carbocycles. The van der Waals surface area contributed by atoms with Crippen LogP contribution in [0.2, 0.25) is 0 Å². The van der Waals surface area contributed by atoms with Crippen molar-refractivity contribution in [2.75, 3.05) is 20.1 Å². The van der Waals surface area contributed by atoms with Gasteiger partial charge in [-0.1, -0.05) is 18.2 Å². The van der Waals surface area contributed by atoms with Crippen LogP contribution < -0.4 is 9.47 Å². The van der Waals surface area contributed by atoms with Crippen LogP contribution in [-0.2, 0) is 21.5 Å². The molecule has 4 rings (SSSR count). The van der Waals surface area contributed by atoms with Crippen molar-refractivity contribution in [3.8, 4) is 11.5 Å². The summed E-state index contributed by atoms with van der Waals surface area (Å²) >= 11 is 5.96. The molecular weight excluding hydrogens is 420 g/mol. The second kappa shape index (κ2) is 7.81. The molecule has 162 valence electrons. The number of ether oxygens (including phenoxy) is 2. The fourth-order valence-corrected chi connectivity index (χ4v) is 4.82. The molecule has 0 bridgehead atoms. The van der Waals surface area contributed by atoms with Crippen LogP contribution in [-0.4, -0.2) is 53.0 Å². The number of hydrogen-bond acceptors (Lipinski definition) is 4. The summed E-state index contributed by atoms with van der Waals surface area (Å²) in [5.41, 5.74) is 1.86. The Morgan fingerprint density at radius 1 is 1.23 bits per heavy atom. The number of carboxylic acids is 1. The maximum absolute atomic E-state index is 13.1. The summed E-state index contributed by atoms with van der Waals surface area (Å²) in [6.07, 6.45) is 0.166. The molecule has 2 aromatic carbocycles. The van der Waals surface area contributed by atoms with Crippen molar-refractivity contribution in [3.63, 3.8) is 0 Å². The predicted octanol–water partition coefficient (Wildman–Crippen LogP) is 3.53. The molecule has 1 aliphatic heterocycles. The van der Waals surface area contributed by atoms with E-state index in [1.165, 1.54) is 12.0 Å². The Bertz CT molecular complexity index is 1170. The van der Waals surface area contributed by atoms with Gasteiger partial charge in [-0.05, 0) is 36.8 Å². The van der Waals surface area contributed by atoms with Crippen molar-refractivity contribution < 1.29 is 24.2 Å². The number of alkyl halides is 1. The number of H-pyrrole nitrogens is 1. The molecule has 1 aromatic heterocycles. The van der Waals surface area contributed by atoms with Crippen molar-refractivity contribution in [1.29, 1.82) is 0 Å². The van der Waals surface area contributed by atoms with Gasteiger partial charge in [0.15, 0.2) is 0 Å². The van der Waals surface area contributed by atoms with E-state index in [1.807, 2.05) is 31.2 Å². The normalized spacial score (nSPS) is 20.4. The lowest BCUT2D eigenvalue weighted by Gasteiger charge is -2.48. The number of nitrogens with zero attached hydrogens (tertiary/aromatic N) is 1. The van der Waals surface area contributed by atoms with Gasteiger partial charge in [-0.2, -0.15) is 0 Å². The highest BCUT2D eigenvalue weighted by atomic mass is 35.5. The first-order valence-electron chi connectivity index (χ1n) is 9.80. The number of carbonyl (C=O) groups is 2. The molecule has 1 aliphatic rings. The monoisotopic (exact) mass is 442 g/mol. The number of halogens is 1. The lowest BCUT2D eigenvalue weighted by atomic mass is 9.77. The SMILES string of the molecule is COc1ccc(OC)c(C2(C)c3[nH]c4ccccc4c3CC(C(=O)O)N2C(=O)CCl)c1. The van der Waals surface area contributed by atoms with Crippen LogP contribution in [0.5, 0.6) is 11.5 Å². The van der Waals surface area contributed by atoms with E-state index in [0.29, 0.717) is 17.1 Å². The van der Waals surface area contributed by atoms with Crippen LogP contribution in [0, 0.1) is 0 Å². The van der Waals surface area contributed by atoms with Crippen LogP contribution in [0.3, 0.4) is 0 Å². The molecule has 2 unspecified atom stereocenters. The molecule has 0 aliphatic carbocycles. The lowest BCUT2D eigenvalue weighted by molar-refractivity contribution is -0.155. The van der Waals surface area contributed by atoms with E-state index in [-0.39, 0.29) is 12.3 Å². The first kappa shape index (κ1) is 21.1. The number of aliphatic carboxylic acids is 1. The smallest absolute Gasteiger partial charge is 0.326 e. The number of hydrogen-bond donors (Lipinski definition) is 2. The average Bonchev–Trinajstić information content (AvgIpc) is 3.17. The topological polar surface area (TPSA) is 91.9 Å². The number of aromatic nitrogens is 1. The molecule has 0 fully saturated rings. The number of para-hydroxylation sites is 1. The zero-order valence-electron chi connectivity index (χ0n) is 17.4. The zero-order valence-corrected chi connectivity index (χ0v) is 18.2. The first-order chi connectivity index (χ1) is 14.9. The van der Waals surface area contributed by atoms with Crippen LogP contribution >= 0.6 is 11.6 Å². The number of rotatable bonds is 5. The van der Waals surface area contributed by atoms with E-state index in [2.05, 4.69) is 4.98 Å². The molecule has 0 radical (unpaired) electrons. The summed E-state index contributed by atoms with van der Waals surface area (Å²) in [6, 6.07) is 11.9. The van der Waals surface area contributed by atoms with Gasteiger partial charge in [-0.15, -0.1) is 11.6 Å². The summed E-state index contributed by atoms with van der Waals surface area (Å²) in [5.74, 6) is -0.855. The van der Waals surface area contributed by atoms with Crippen LogP contribution in [0.15, 0.2) is 42.5 Å². The molecule has 3 aromatic rings. The van der Waals surface area contributed by atoms with Crippen LogP contribution in [0.1, 0.15) is 23.7 Å². The van der Waals surface area contributed by atoms with E-state index in [0.717, 1.165) is 22.2 Å². The fourth-order valence-electron chi connectivity index (χ4n) is 4.69. The summed E-state index contributed by atoms with van der Waals surface area (Å²) in [6.45, 7) is 1.82. The number of aromatic amines is 1. The maximum Gasteiger partial charge on any atom is 0.326 e. The van der Waals surface area contributed by atoms with Crippen molar-refractivity contribution in [2.45, 2.75) is 24.9 Å². The lowest BCUT2D eigenvalue weighted by Crippen LogP contribution is -2.60. The first-order valence-corrected chi connectivity index (χ1v) is 10.3. The third-order valence-electron chi connectivity index (χ3n) is 6.09. The summed E-state index contributed by atoms with van der Waals surface area (Å²) in [7, 11) is 3.08. The van der Waals surface area contributed by atoms with E-state index < -0.39 is 23.5 Å². The standard InChI is InChI=1S/C23H23ClN2O5/c1-23(16-10-13(30-2)8-9-19(16)31-3)21-15(14-6-4-5-7-17(14)25-21)11-18(22(28)29)26(23)20(27)12-24/h4-10,18,25H,11-12H2,1-3H3,(H,28,29). The van der Waals surface area contributed by atoms with Crippen molar-refractivity contribution in [2.24, 2.45) is 0 Å².